The third kappa shape index (κ3) is 3.66. The van der Waals surface area contributed by atoms with Crippen molar-refractivity contribution in [2.24, 2.45) is 5.92 Å². The molecule has 132 valence electrons. The van der Waals surface area contributed by atoms with Gasteiger partial charge in [0.25, 0.3) is 0 Å². The average molecular weight is 341 g/mol. The first kappa shape index (κ1) is 16.1. The van der Waals surface area contributed by atoms with Gasteiger partial charge in [0.1, 0.15) is 17.9 Å². The quantitative estimate of drug-likeness (QED) is 0.905. The fraction of sp³-hybridized carbons (Fsp3) is 0.500. The van der Waals surface area contributed by atoms with Gasteiger partial charge in [0.15, 0.2) is 0 Å². The van der Waals surface area contributed by atoms with E-state index in [0.717, 1.165) is 62.7 Å². The number of nitrogens with one attached hydrogen (secondary N) is 1. The van der Waals surface area contributed by atoms with Crippen molar-refractivity contribution in [3.05, 3.63) is 42.0 Å². The van der Waals surface area contributed by atoms with Crippen molar-refractivity contribution in [1.29, 1.82) is 0 Å². The van der Waals surface area contributed by atoms with Gasteiger partial charge in [-0.2, -0.15) is 5.10 Å². The van der Waals surface area contributed by atoms with Crippen LogP contribution in [0.15, 0.2) is 30.6 Å². The van der Waals surface area contributed by atoms with Crippen LogP contribution in [0.1, 0.15) is 17.8 Å². The summed E-state index contributed by atoms with van der Waals surface area (Å²) in [5.74, 6) is 2.08. The van der Waals surface area contributed by atoms with Crippen LogP contribution in [0.3, 0.4) is 0 Å². The Hall–Kier alpha value is -2.41. The second-order valence-electron chi connectivity index (χ2n) is 6.68. The summed E-state index contributed by atoms with van der Waals surface area (Å²) in [6.07, 6.45) is 3.08. The zero-order valence-corrected chi connectivity index (χ0v) is 14.2. The molecule has 7 heteroatoms. The summed E-state index contributed by atoms with van der Waals surface area (Å²) < 4.78 is 5.80. The van der Waals surface area contributed by atoms with Crippen LogP contribution in [0.2, 0.25) is 0 Å². The largest absolute Gasteiger partial charge is 0.493 e. The molecular weight excluding hydrogens is 318 g/mol. The van der Waals surface area contributed by atoms with Gasteiger partial charge in [-0.15, -0.1) is 0 Å². The van der Waals surface area contributed by atoms with Gasteiger partial charge >= 0.3 is 0 Å². The lowest BCUT2D eigenvalue weighted by atomic mass is 9.95. The Balaban J connectivity index is 1.34. The lowest BCUT2D eigenvalue weighted by molar-refractivity contribution is -0.137. The number of rotatable bonds is 3. The van der Waals surface area contributed by atoms with E-state index >= 15 is 0 Å². The van der Waals surface area contributed by atoms with Crippen LogP contribution < -0.4 is 4.74 Å². The summed E-state index contributed by atoms with van der Waals surface area (Å²) >= 11 is 0. The predicted octanol–water partition coefficient (Wildman–Crippen LogP) is 1.09. The van der Waals surface area contributed by atoms with Gasteiger partial charge < -0.3 is 9.64 Å². The van der Waals surface area contributed by atoms with E-state index in [1.54, 1.807) is 0 Å². The molecule has 2 aliphatic heterocycles. The minimum Gasteiger partial charge on any atom is -0.493 e. The van der Waals surface area contributed by atoms with Gasteiger partial charge in [-0.3, -0.25) is 14.8 Å². The normalized spacial score (nSPS) is 21.3. The van der Waals surface area contributed by atoms with Gasteiger partial charge in [0.05, 0.1) is 13.2 Å². The number of aromatic nitrogens is 3. The minimum atomic E-state index is 0.0180. The maximum Gasteiger partial charge on any atom is 0.226 e. The molecule has 4 rings (SSSR count). The molecule has 7 nitrogen and oxygen atoms in total. The SMILES string of the molecule is O=C(C1CCOc2ccccc2C1)N1CCN(Cc2ncn[nH]2)CC1. The Morgan fingerprint density at radius 3 is 2.88 bits per heavy atom. The zero-order chi connectivity index (χ0) is 17.1. The number of hydrogen-bond acceptors (Lipinski definition) is 5. The fourth-order valence-corrected chi connectivity index (χ4v) is 3.61. The van der Waals surface area contributed by atoms with Gasteiger partial charge in [-0.25, -0.2) is 4.98 Å². The molecule has 0 radical (unpaired) electrons. The van der Waals surface area contributed by atoms with Gasteiger partial charge in [-0.05, 0) is 24.5 Å². The van der Waals surface area contributed by atoms with E-state index in [1.165, 1.54) is 6.33 Å². The molecule has 1 atom stereocenters. The number of carbonyl (C=O) groups excluding carboxylic acids is 1. The first-order chi connectivity index (χ1) is 12.3. The van der Waals surface area contributed by atoms with Crippen molar-refractivity contribution >= 4 is 5.91 Å². The Kier molecular flexibility index (Phi) is 4.65. The molecule has 1 amide bonds. The highest BCUT2D eigenvalue weighted by Gasteiger charge is 2.29. The third-order valence-electron chi connectivity index (χ3n) is 5.03. The molecule has 1 aromatic heterocycles. The molecular formula is C18H23N5O2. The molecule has 1 unspecified atom stereocenters. The lowest BCUT2D eigenvalue weighted by Crippen LogP contribution is -2.50. The molecule has 2 aromatic rings. The Morgan fingerprint density at radius 1 is 1.24 bits per heavy atom. The van der Waals surface area contributed by atoms with Crippen molar-refractivity contribution in [3.8, 4) is 5.75 Å². The molecule has 25 heavy (non-hydrogen) atoms. The van der Waals surface area contributed by atoms with Gasteiger partial charge in [0, 0.05) is 32.1 Å². The standard InChI is InChI=1S/C18H23N5O2/c24-18(15-5-10-25-16-4-2-1-3-14(16)11-15)23-8-6-22(7-9-23)12-17-19-13-20-21-17/h1-4,13,15H,5-12H2,(H,19,20,21). The van der Waals surface area contributed by atoms with Crippen molar-refractivity contribution in [3.63, 3.8) is 0 Å². The molecule has 1 N–H and O–H groups in total. The highest BCUT2D eigenvalue weighted by atomic mass is 16.5. The van der Waals surface area contributed by atoms with Gasteiger partial charge in [-0.1, -0.05) is 18.2 Å². The molecule has 0 spiro atoms. The Bertz CT molecular complexity index is 710. The maximum atomic E-state index is 13.0. The summed E-state index contributed by atoms with van der Waals surface area (Å²) in [4.78, 5) is 21.4. The average Bonchev–Trinajstić information content (AvgIpc) is 3.05. The molecule has 1 saturated heterocycles. The molecule has 1 aromatic carbocycles. The van der Waals surface area contributed by atoms with E-state index < -0.39 is 0 Å². The summed E-state index contributed by atoms with van der Waals surface area (Å²) in [5.41, 5.74) is 1.14. The number of hydrogen-bond donors (Lipinski definition) is 1. The first-order valence-corrected chi connectivity index (χ1v) is 8.85. The summed E-state index contributed by atoms with van der Waals surface area (Å²) in [7, 11) is 0. The first-order valence-electron chi connectivity index (χ1n) is 8.85. The van der Waals surface area contributed by atoms with Crippen molar-refractivity contribution < 1.29 is 9.53 Å². The summed E-state index contributed by atoms with van der Waals surface area (Å²) in [6, 6.07) is 8.05. The van der Waals surface area contributed by atoms with Crippen molar-refractivity contribution in [2.45, 2.75) is 19.4 Å². The lowest BCUT2D eigenvalue weighted by Gasteiger charge is -2.35. The second-order valence-corrected chi connectivity index (χ2v) is 6.68. The smallest absolute Gasteiger partial charge is 0.226 e. The van der Waals surface area contributed by atoms with Crippen LogP contribution in [0, 0.1) is 5.92 Å². The van der Waals surface area contributed by atoms with E-state index in [-0.39, 0.29) is 11.8 Å². The van der Waals surface area contributed by atoms with Crippen LogP contribution in [0.5, 0.6) is 5.75 Å². The van der Waals surface area contributed by atoms with Crippen LogP contribution >= 0.6 is 0 Å². The van der Waals surface area contributed by atoms with E-state index in [4.69, 9.17) is 4.74 Å². The number of para-hydroxylation sites is 1. The van der Waals surface area contributed by atoms with E-state index in [2.05, 4.69) is 26.1 Å². The van der Waals surface area contributed by atoms with E-state index in [9.17, 15) is 4.79 Å². The predicted molar refractivity (Wildman–Crippen MR) is 92.0 cm³/mol. The fourth-order valence-electron chi connectivity index (χ4n) is 3.61. The number of aromatic amines is 1. The van der Waals surface area contributed by atoms with Crippen LogP contribution in [-0.4, -0.2) is 63.7 Å². The maximum absolute atomic E-state index is 13.0. The Morgan fingerprint density at radius 2 is 2.08 bits per heavy atom. The number of fused-ring (bicyclic) bond motifs is 1. The highest BCUT2D eigenvalue weighted by Crippen LogP contribution is 2.27. The molecule has 2 aliphatic rings. The molecule has 0 bridgehead atoms. The van der Waals surface area contributed by atoms with Gasteiger partial charge in [0.2, 0.25) is 5.91 Å². The number of nitrogens with zero attached hydrogens (tertiary/aromatic N) is 4. The number of piperazine rings is 1. The van der Waals surface area contributed by atoms with Crippen LogP contribution in [0.4, 0.5) is 0 Å². The van der Waals surface area contributed by atoms with Crippen LogP contribution in [0.25, 0.3) is 0 Å². The summed E-state index contributed by atoms with van der Waals surface area (Å²) in [5, 5.41) is 6.77. The third-order valence-corrected chi connectivity index (χ3v) is 5.03. The van der Waals surface area contributed by atoms with Crippen molar-refractivity contribution in [1.82, 2.24) is 25.0 Å². The minimum absolute atomic E-state index is 0.0180. The van der Waals surface area contributed by atoms with Crippen molar-refractivity contribution in [2.75, 3.05) is 32.8 Å². The number of H-pyrrole nitrogens is 1. The molecule has 3 heterocycles. The second kappa shape index (κ2) is 7.23. The number of ether oxygens (including phenoxy) is 1. The highest BCUT2D eigenvalue weighted by molar-refractivity contribution is 5.79. The van der Waals surface area contributed by atoms with E-state index in [0.29, 0.717) is 6.61 Å². The molecule has 1 fully saturated rings. The monoisotopic (exact) mass is 341 g/mol. The number of benzene rings is 1. The number of amides is 1. The summed E-state index contributed by atoms with van der Waals surface area (Å²) in [6.45, 7) is 4.64. The molecule has 0 saturated carbocycles. The topological polar surface area (TPSA) is 74.3 Å². The Labute approximate surface area is 147 Å². The molecule has 0 aliphatic carbocycles. The number of carbonyl (C=O) groups is 1. The zero-order valence-electron chi connectivity index (χ0n) is 14.2. The van der Waals surface area contributed by atoms with Crippen LogP contribution in [-0.2, 0) is 17.8 Å². The van der Waals surface area contributed by atoms with E-state index in [1.807, 2.05) is 23.1 Å².